The molecule has 1 fully saturated rings. The van der Waals surface area contributed by atoms with Crippen LogP contribution in [0.15, 0.2) is 54.7 Å². The van der Waals surface area contributed by atoms with E-state index in [4.69, 9.17) is 9.47 Å². The van der Waals surface area contributed by atoms with Crippen molar-refractivity contribution >= 4 is 16.8 Å². The van der Waals surface area contributed by atoms with Crippen molar-refractivity contribution in [2.45, 2.75) is 44.4 Å². The van der Waals surface area contributed by atoms with E-state index in [1.807, 2.05) is 25.1 Å². The van der Waals surface area contributed by atoms with Crippen LogP contribution in [0.2, 0.25) is 0 Å². The van der Waals surface area contributed by atoms with Crippen molar-refractivity contribution < 1.29 is 14.3 Å². The number of carbonyl (C=O) groups is 1. The third-order valence-corrected chi connectivity index (χ3v) is 6.38. The first kappa shape index (κ1) is 21.4. The second kappa shape index (κ2) is 10.0. The molecule has 4 rings (SSSR count). The Morgan fingerprint density at radius 1 is 1.13 bits per heavy atom. The highest BCUT2D eigenvalue weighted by Gasteiger charge is 2.34. The van der Waals surface area contributed by atoms with Crippen LogP contribution in [0.5, 0.6) is 5.75 Å². The van der Waals surface area contributed by atoms with Crippen LogP contribution in [-0.2, 0) is 21.4 Å². The van der Waals surface area contributed by atoms with Crippen molar-refractivity contribution in [3.8, 4) is 5.75 Å². The molecule has 1 aromatic heterocycles. The second-order valence-electron chi connectivity index (χ2n) is 8.34. The number of carbonyl (C=O) groups excluding carboxylic acids is 1. The lowest BCUT2D eigenvalue weighted by Gasteiger charge is -2.38. The number of nitrogens with one attached hydrogen (secondary N) is 2. The molecule has 164 valence electrons. The molecule has 31 heavy (non-hydrogen) atoms. The molecule has 0 unspecified atom stereocenters. The standard InChI is InChI=1S/C26H32N2O3/c1-2-31-22-12-10-21(11-13-22)26(14-16-30-17-15-26)19-28-25(29)9-5-6-20-18-27-24-8-4-3-7-23(20)24/h3-4,7-8,10-13,18,27H,2,5-6,9,14-17,19H2,1H3,(H,28,29). The number of aromatic amines is 1. The zero-order valence-electron chi connectivity index (χ0n) is 18.3. The van der Waals surface area contributed by atoms with Gasteiger partial charge in [-0.25, -0.2) is 0 Å². The van der Waals surface area contributed by atoms with E-state index >= 15 is 0 Å². The van der Waals surface area contributed by atoms with Crippen molar-refractivity contribution in [1.29, 1.82) is 0 Å². The molecule has 0 atom stereocenters. The normalized spacial score (nSPS) is 15.6. The van der Waals surface area contributed by atoms with Crippen LogP contribution in [0, 0.1) is 0 Å². The van der Waals surface area contributed by atoms with Crippen LogP contribution < -0.4 is 10.1 Å². The Bertz CT molecular complexity index is 987. The topological polar surface area (TPSA) is 63.3 Å². The Morgan fingerprint density at radius 3 is 2.68 bits per heavy atom. The molecular formula is C26H32N2O3. The number of H-pyrrole nitrogens is 1. The summed E-state index contributed by atoms with van der Waals surface area (Å²) in [5, 5.41) is 4.46. The van der Waals surface area contributed by atoms with Crippen LogP contribution in [0.3, 0.4) is 0 Å². The number of hydrogen-bond acceptors (Lipinski definition) is 3. The summed E-state index contributed by atoms with van der Waals surface area (Å²) in [5.74, 6) is 1.01. The lowest BCUT2D eigenvalue weighted by Crippen LogP contribution is -2.44. The van der Waals surface area contributed by atoms with E-state index < -0.39 is 0 Å². The summed E-state index contributed by atoms with van der Waals surface area (Å²) in [5.41, 5.74) is 3.60. The fourth-order valence-electron chi connectivity index (χ4n) is 4.54. The summed E-state index contributed by atoms with van der Waals surface area (Å²) >= 11 is 0. The minimum Gasteiger partial charge on any atom is -0.494 e. The summed E-state index contributed by atoms with van der Waals surface area (Å²) in [6.45, 7) is 4.75. The minimum atomic E-state index is -0.0739. The zero-order chi connectivity index (χ0) is 21.5. The van der Waals surface area contributed by atoms with Gasteiger partial charge in [0.15, 0.2) is 0 Å². The molecule has 0 radical (unpaired) electrons. The molecule has 2 heterocycles. The maximum Gasteiger partial charge on any atom is 0.220 e. The highest BCUT2D eigenvalue weighted by atomic mass is 16.5. The summed E-state index contributed by atoms with van der Waals surface area (Å²) in [6.07, 6.45) is 6.16. The Balaban J connectivity index is 1.33. The monoisotopic (exact) mass is 420 g/mol. The van der Waals surface area contributed by atoms with Crippen molar-refractivity contribution in [2.24, 2.45) is 0 Å². The highest BCUT2D eigenvalue weighted by molar-refractivity contribution is 5.83. The molecule has 0 bridgehead atoms. The summed E-state index contributed by atoms with van der Waals surface area (Å²) in [7, 11) is 0. The molecule has 5 nitrogen and oxygen atoms in total. The number of aromatic nitrogens is 1. The van der Waals surface area contributed by atoms with Crippen molar-refractivity contribution in [1.82, 2.24) is 10.3 Å². The van der Waals surface area contributed by atoms with Crippen LogP contribution in [-0.4, -0.2) is 37.3 Å². The molecular weight excluding hydrogens is 388 g/mol. The van der Waals surface area contributed by atoms with Gasteiger partial charge in [0.2, 0.25) is 5.91 Å². The predicted molar refractivity (Wildman–Crippen MR) is 124 cm³/mol. The summed E-state index contributed by atoms with van der Waals surface area (Å²) in [4.78, 5) is 15.9. The van der Waals surface area contributed by atoms with Crippen LogP contribution >= 0.6 is 0 Å². The number of para-hydroxylation sites is 1. The first-order valence-corrected chi connectivity index (χ1v) is 11.3. The van der Waals surface area contributed by atoms with Crippen LogP contribution in [0.1, 0.15) is 43.7 Å². The molecule has 1 aliphatic heterocycles. The summed E-state index contributed by atoms with van der Waals surface area (Å²) in [6, 6.07) is 16.6. The molecule has 1 amide bonds. The van der Waals surface area contributed by atoms with Gasteiger partial charge in [0.25, 0.3) is 0 Å². The smallest absolute Gasteiger partial charge is 0.220 e. The van der Waals surface area contributed by atoms with E-state index in [9.17, 15) is 4.79 Å². The van der Waals surface area contributed by atoms with Gasteiger partial charge in [-0.05, 0) is 61.9 Å². The second-order valence-corrected chi connectivity index (χ2v) is 8.34. The van der Waals surface area contributed by atoms with E-state index in [2.05, 4.69) is 46.8 Å². The maximum absolute atomic E-state index is 12.6. The van der Waals surface area contributed by atoms with Gasteiger partial charge in [0.1, 0.15) is 5.75 Å². The largest absolute Gasteiger partial charge is 0.494 e. The lowest BCUT2D eigenvalue weighted by molar-refractivity contribution is -0.121. The van der Waals surface area contributed by atoms with Gasteiger partial charge in [-0.1, -0.05) is 30.3 Å². The Labute approximate surface area is 184 Å². The molecule has 1 aliphatic rings. The number of ether oxygens (including phenoxy) is 2. The van der Waals surface area contributed by atoms with Crippen molar-refractivity contribution in [2.75, 3.05) is 26.4 Å². The van der Waals surface area contributed by atoms with E-state index in [0.717, 1.165) is 50.2 Å². The first-order valence-electron chi connectivity index (χ1n) is 11.3. The van der Waals surface area contributed by atoms with Gasteiger partial charge in [0, 0.05) is 48.7 Å². The first-order chi connectivity index (χ1) is 15.2. The number of benzene rings is 2. The molecule has 0 saturated carbocycles. The van der Waals surface area contributed by atoms with Gasteiger partial charge in [-0.3, -0.25) is 4.79 Å². The predicted octanol–water partition coefficient (Wildman–Crippen LogP) is 4.75. The quantitative estimate of drug-likeness (QED) is 0.525. The average Bonchev–Trinajstić information content (AvgIpc) is 3.22. The van der Waals surface area contributed by atoms with E-state index in [1.165, 1.54) is 16.5 Å². The van der Waals surface area contributed by atoms with Gasteiger partial charge in [0.05, 0.1) is 6.61 Å². The van der Waals surface area contributed by atoms with Crippen molar-refractivity contribution in [3.05, 3.63) is 65.9 Å². The fraction of sp³-hybridized carbons (Fsp3) is 0.423. The van der Waals surface area contributed by atoms with E-state index in [0.29, 0.717) is 19.6 Å². The SMILES string of the molecule is CCOc1ccc(C2(CNC(=O)CCCc3c[nH]c4ccccc34)CCOCC2)cc1. The van der Waals surface area contributed by atoms with Gasteiger partial charge >= 0.3 is 0 Å². The van der Waals surface area contributed by atoms with Gasteiger partial charge in [-0.2, -0.15) is 0 Å². The highest BCUT2D eigenvalue weighted by Crippen LogP contribution is 2.35. The Kier molecular flexibility index (Phi) is 6.92. The molecule has 5 heteroatoms. The number of fused-ring (bicyclic) bond motifs is 1. The number of amides is 1. The third kappa shape index (κ3) is 5.10. The number of aryl methyl sites for hydroxylation is 1. The number of rotatable bonds is 9. The number of hydrogen-bond donors (Lipinski definition) is 2. The Morgan fingerprint density at radius 2 is 1.90 bits per heavy atom. The van der Waals surface area contributed by atoms with Crippen molar-refractivity contribution in [3.63, 3.8) is 0 Å². The molecule has 2 N–H and O–H groups in total. The van der Waals surface area contributed by atoms with Gasteiger partial charge < -0.3 is 19.8 Å². The average molecular weight is 421 g/mol. The fourth-order valence-corrected chi connectivity index (χ4v) is 4.54. The third-order valence-electron chi connectivity index (χ3n) is 6.38. The van der Waals surface area contributed by atoms with E-state index in [-0.39, 0.29) is 11.3 Å². The molecule has 0 aliphatic carbocycles. The lowest BCUT2D eigenvalue weighted by atomic mass is 9.74. The molecule has 2 aromatic carbocycles. The minimum absolute atomic E-state index is 0.0739. The van der Waals surface area contributed by atoms with E-state index in [1.54, 1.807) is 0 Å². The molecule has 3 aromatic rings. The Hall–Kier alpha value is -2.79. The van der Waals surface area contributed by atoms with Crippen LogP contribution in [0.4, 0.5) is 0 Å². The van der Waals surface area contributed by atoms with Crippen LogP contribution in [0.25, 0.3) is 10.9 Å². The molecule has 1 saturated heterocycles. The van der Waals surface area contributed by atoms with Gasteiger partial charge in [-0.15, -0.1) is 0 Å². The zero-order valence-corrected chi connectivity index (χ0v) is 18.3. The maximum atomic E-state index is 12.6. The molecule has 0 spiro atoms. The summed E-state index contributed by atoms with van der Waals surface area (Å²) < 4.78 is 11.2.